The van der Waals surface area contributed by atoms with Gasteiger partial charge in [-0.15, -0.1) is 0 Å². The van der Waals surface area contributed by atoms with E-state index in [1.807, 2.05) is 6.92 Å². The summed E-state index contributed by atoms with van der Waals surface area (Å²) in [5.74, 6) is 0.890. The van der Waals surface area contributed by atoms with Gasteiger partial charge in [-0.05, 0) is 44.7 Å². The van der Waals surface area contributed by atoms with E-state index in [1.165, 1.54) is 18.2 Å². The van der Waals surface area contributed by atoms with Crippen LogP contribution in [-0.4, -0.2) is 23.0 Å². The average molecular weight is 360 g/mol. The molecule has 0 radical (unpaired) electrons. The third-order valence-corrected chi connectivity index (χ3v) is 4.79. The Hall–Kier alpha value is -2.14. The lowest BCUT2D eigenvalue weighted by Gasteiger charge is -2.19. The first-order valence-electron chi connectivity index (χ1n) is 8.40. The van der Waals surface area contributed by atoms with E-state index in [9.17, 15) is 4.79 Å². The number of anilines is 1. The summed E-state index contributed by atoms with van der Waals surface area (Å²) in [6.45, 7) is 6.20. The van der Waals surface area contributed by atoms with E-state index in [2.05, 4.69) is 47.3 Å². The van der Waals surface area contributed by atoms with Gasteiger partial charge in [0.25, 0.3) is 0 Å². The van der Waals surface area contributed by atoms with Crippen molar-refractivity contribution in [2.24, 2.45) is 0 Å². The summed E-state index contributed by atoms with van der Waals surface area (Å²) in [5, 5.41) is 3.54. The van der Waals surface area contributed by atoms with Crippen LogP contribution in [0, 0.1) is 13.8 Å². The molecule has 0 spiro atoms. The van der Waals surface area contributed by atoms with Gasteiger partial charge in [-0.1, -0.05) is 35.4 Å². The summed E-state index contributed by atoms with van der Waals surface area (Å²) in [6.07, 6.45) is 2.07. The molecule has 1 aliphatic rings. The molecule has 25 heavy (non-hydrogen) atoms. The van der Waals surface area contributed by atoms with Crippen LogP contribution in [0.1, 0.15) is 64.7 Å². The number of benzene rings is 1. The number of nitrogens with zero attached hydrogens (tertiary/aromatic N) is 2. The summed E-state index contributed by atoms with van der Waals surface area (Å²) in [6, 6.07) is 6.31. The maximum absolute atomic E-state index is 12.0. The Morgan fingerprint density at radius 2 is 2.04 bits per heavy atom. The van der Waals surface area contributed by atoms with Crippen molar-refractivity contribution in [3.05, 3.63) is 51.4 Å². The second kappa shape index (κ2) is 7.00. The molecular weight excluding hydrogens is 338 g/mol. The van der Waals surface area contributed by atoms with Crippen LogP contribution in [0.25, 0.3) is 0 Å². The van der Waals surface area contributed by atoms with Gasteiger partial charge in [0.15, 0.2) is 5.69 Å². The van der Waals surface area contributed by atoms with Gasteiger partial charge in [-0.25, -0.2) is 14.8 Å². The van der Waals surface area contributed by atoms with Crippen molar-refractivity contribution in [1.29, 1.82) is 0 Å². The molecule has 1 saturated carbocycles. The Morgan fingerprint density at radius 1 is 1.32 bits per heavy atom. The van der Waals surface area contributed by atoms with Crippen molar-refractivity contribution in [3.63, 3.8) is 0 Å². The molecule has 1 N–H and O–H groups in total. The zero-order valence-corrected chi connectivity index (χ0v) is 15.6. The highest BCUT2D eigenvalue weighted by Crippen LogP contribution is 2.40. The molecular formula is C19H22ClN3O2. The number of hydrogen-bond donors (Lipinski definition) is 1. The Bertz CT molecular complexity index is 819. The predicted molar refractivity (Wildman–Crippen MR) is 98.3 cm³/mol. The molecule has 1 aromatic heterocycles. The molecule has 1 heterocycles. The van der Waals surface area contributed by atoms with Gasteiger partial charge in [0.1, 0.15) is 16.7 Å². The van der Waals surface area contributed by atoms with Crippen molar-refractivity contribution in [2.45, 2.75) is 45.6 Å². The van der Waals surface area contributed by atoms with Crippen LogP contribution in [0.3, 0.4) is 0 Å². The highest BCUT2D eigenvalue weighted by molar-refractivity contribution is 6.35. The number of carbonyl (C=O) groups excluding carboxylic acids is 1. The largest absolute Gasteiger partial charge is 0.464 e. The van der Waals surface area contributed by atoms with Crippen LogP contribution in [-0.2, 0) is 4.74 Å². The van der Waals surface area contributed by atoms with Crippen LogP contribution in [0.2, 0.25) is 5.02 Å². The van der Waals surface area contributed by atoms with Crippen molar-refractivity contribution < 1.29 is 9.53 Å². The topological polar surface area (TPSA) is 64.1 Å². The van der Waals surface area contributed by atoms with Gasteiger partial charge in [0.2, 0.25) is 0 Å². The lowest BCUT2D eigenvalue weighted by molar-refractivity contribution is 0.0593. The van der Waals surface area contributed by atoms with E-state index in [0.29, 0.717) is 17.6 Å². The second-order valence-corrected chi connectivity index (χ2v) is 6.96. The Balaban J connectivity index is 1.95. The monoisotopic (exact) mass is 359 g/mol. The maximum atomic E-state index is 12.0. The Kier molecular flexibility index (Phi) is 4.95. The number of halogens is 1. The molecule has 1 fully saturated rings. The third kappa shape index (κ3) is 3.76. The summed E-state index contributed by atoms with van der Waals surface area (Å²) in [7, 11) is 1.32. The first-order valence-corrected chi connectivity index (χ1v) is 8.78. The predicted octanol–water partition coefficient (Wildman–Crippen LogP) is 4.58. The number of aryl methyl sites for hydroxylation is 2. The molecule has 1 aromatic carbocycles. The number of hydrogen-bond acceptors (Lipinski definition) is 5. The lowest BCUT2D eigenvalue weighted by atomic mass is 10.0. The fraction of sp³-hybridized carbons (Fsp3) is 0.421. The first kappa shape index (κ1) is 17.7. The number of nitrogens with one attached hydrogen (secondary N) is 1. The van der Waals surface area contributed by atoms with Crippen molar-refractivity contribution in [2.75, 3.05) is 12.4 Å². The zero-order chi connectivity index (χ0) is 18.1. The Labute approximate surface area is 152 Å². The quantitative estimate of drug-likeness (QED) is 0.791. The fourth-order valence-corrected chi connectivity index (χ4v) is 3.13. The summed E-state index contributed by atoms with van der Waals surface area (Å²) < 4.78 is 4.81. The summed E-state index contributed by atoms with van der Waals surface area (Å²) in [4.78, 5) is 20.9. The van der Waals surface area contributed by atoms with Crippen LogP contribution >= 0.6 is 11.6 Å². The van der Waals surface area contributed by atoms with Gasteiger partial charge in [-0.3, -0.25) is 0 Å². The molecule has 1 unspecified atom stereocenters. The number of esters is 1. The number of rotatable bonds is 5. The van der Waals surface area contributed by atoms with Gasteiger partial charge in [-0.2, -0.15) is 0 Å². The molecule has 132 valence electrons. The van der Waals surface area contributed by atoms with Gasteiger partial charge < -0.3 is 10.1 Å². The van der Waals surface area contributed by atoms with Crippen molar-refractivity contribution in [1.82, 2.24) is 9.97 Å². The number of carbonyl (C=O) groups is 1. The Morgan fingerprint density at radius 3 is 2.64 bits per heavy atom. The molecule has 0 amide bonds. The maximum Gasteiger partial charge on any atom is 0.358 e. The minimum Gasteiger partial charge on any atom is -0.464 e. The SMILES string of the molecule is COC(=O)c1nc(C2CC2)nc(NC(C)c2ccc(C)cc2C)c1Cl. The van der Waals surface area contributed by atoms with Crippen LogP contribution in [0.4, 0.5) is 5.82 Å². The number of aromatic nitrogens is 2. The standard InChI is InChI=1S/C19H22ClN3O2/c1-10-5-8-14(11(2)9-10)12(3)21-18-15(20)16(19(24)25-4)22-17(23-18)13-6-7-13/h5,8-9,12-13H,6-7H2,1-4H3,(H,21,22,23). The molecule has 1 aliphatic carbocycles. The second-order valence-electron chi connectivity index (χ2n) is 6.58. The van der Waals surface area contributed by atoms with Gasteiger partial charge in [0.05, 0.1) is 13.2 Å². The van der Waals surface area contributed by atoms with E-state index >= 15 is 0 Å². The van der Waals surface area contributed by atoms with Crippen molar-refractivity contribution in [3.8, 4) is 0 Å². The molecule has 6 heteroatoms. The molecule has 5 nitrogen and oxygen atoms in total. The molecule has 0 aliphatic heterocycles. The average Bonchev–Trinajstić information content (AvgIpc) is 3.40. The van der Waals surface area contributed by atoms with Crippen LogP contribution < -0.4 is 5.32 Å². The molecule has 3 rings (SSSR count). The third-order valence-electron chi connectivity index (χ3n) is 4.43. The molecule has 0 saturated heterocycles. The first-order chi connectivity index (χ1) is 11.9. The van der Waals surface area contributed by atoms with E-state index in [1.54, 1.807) is 0 Å². The lowest BCUT2D eigenvalue weighted by Crippen LogP contribution is -2.15. The van der Waals surface area contributed by atoms with E-state index in [0.717, 1.165) is 18.4 Å². The van der Waals surface area contributed by atoms with E-state index in [4.69, 9.17) is 16.3 Å². The molecule has 2 aromatic rings. The van der Waals surface area contributed by atoms with Crippen LogP contribution in [0.5, 0.6) is 0 Å². The van der Waals surface area contributed by atoms with Gasteiger partial charge in [0, 0.05) is 5.92 Å². The molecule has 0 bridgehead atoms. The van der Waals surface area contributed by atoms with E-state index < -0.39 is 5.97 Å². The number of methoxy groups -OCH3 is 1. The van der Waals surface area contributed by atoms with Crippen LogP contribution in [0.15, 0.2) is 18.2 Å². The van der Waals surface area contributed by atoms with Crippen molar-refractivity contribution >= 4 is 23.4 Å². The number of ether oxygens (including phenoxy) is 1. The normalized spacial score (nSPS) is 14.9. The highest BCUT2D eigenvalue weighted by atomic mass is 35.5. The summed E-state index contributed by atoms with van der Waals surface area (Å²) in [5.41, 5.74) is 3.70. The zero-order valence-electron chi connectivity index (χ0n) is 14.9. The summed E-state index contributed by atoms with van der Waals surface area (Å²) >= 11 is 6.39. The van der Waals surface area contributed by atoms with E-state index in [-0.39, 0.29) is 16.8 Å². The minimum atomic E-state index is -0.545. The van der Waals surface area contributed by atoms with Gasteiger partial charge >= 0.3 is 5.97 Å². The smallest absolute Gasteiger partial charge is 0.358 e. The molecule has 1 atom stereocenters. The highest BCUT2D eigenvalue weighted by Gasteiger charge is 2.30. The fourth-order valence-electron chi connectivity index (χ4n) is 2.91. The minimum absolute atomic E-state index is 0.00875.